The van der Waals surface area contributed by atoms with Crippen molar-refractivity contribution >= 4 is 11.8 Å². The lowest BCUT2D eigenvalue weighted by molar-refractivity contribution is -0.143. The van der Waals surface area contributed by atoms with Gasteiger partial charge < -0.3 is 16.0 Å². The molecule has 1 aliphatic heterocycles. The Bertz CT molecular complexity index is 324. The van der Waals surface area contributed by atoms with Crippen LogP contribution < -0.4 is 11.1 Å². The molecule has 0 spiro atoms. The molecule has 0 atom stereocenters. The summed E-state index contributed by atoms with van der Waals surface area (Å²) in [6.07, 6.45) is 3.97. The van der Waals surface area contributed by atoms with Crippen molar-refractivity contribution in [2.75, 3.05) is 26.7 Å². The summed E-state index contributed by atoms with van der Waals surface area (Å²) in [5.74, 6) is 0.686. The smallest absolute Gasteiger partial charge is 0.230 e. The zero-order valence-corrected chi connectivity index (χ0v) is 13.1. The molecule has 0 aromatic heterocycles. The van der Waals surface area contributed by atoms with Crippen molar-refractivity contribution in [3.05, 3.63) is 0 Å². The lowest BCUT2D eigenvalue weighted by atomic mass is 9.80. The first-order valence-corrected chi connectivity index (χ1v) is 7.73. The van der Waals surface area contributed by atoms with E-state index in [4.69, 9.17) is 5.73 Å². The molecule has 0 bridgehead atoms. The zero-order chi connectivity index (χ0) is 15.2. The fourth-order valence-electron chi connectivity index (χ4n) is 2.97. The molecule has 1 saturated heterocycles. The Balaban J connectivity index is 2.56. The molecule has 3 N–H and O–H groups in total. The van der Waals surface area contributed by atoms with Gasteiger partial charge in [0, 0.05) is 33.1 Å². The first-order valence-electron chi connectivity index (χ1n) is 7.73. The van der Waals surface area contributed by atoms with Crippen LogP contribution in [0, 0.1) is 11.3 Å². The Kier molecular flexibility index (Phi) is 6.46. The standard InChI is InChI=1S/C15H29N3O2/c1-4-15(5-2,11-16)14(20)18-8-6-12(7-9-18)10-13(19)17-3/h12H,4-11,16H2,1-3H3,(H,17,19). The van der Waals surface area contributed by atoms with Crippen molar-refractivity contribution < 1.29 is 9.59 Å². The molecule has 0 radical (unpaired) electrons. The molecule has 0 aliphatic carbocycles. The normalized spacial score (nSPS) is 17.1. The van der Waals surface area contributed by atoms with E-state index in [-0.39, 0.29) is 11.8 Å². The van der Waals surface area contributed by atoms with Gasteiger partial charge >= 0.3 is 0 Å². The quantitative estimate of drug-likeness (QED) is 0.767. The van der Waals surface area contributed by atoms with Gasteiger partial charge in [-0.1, -0.05) is 13.8 Å². The highest BCUT2D eigenvalue weighted by Crippen LogP contribution is 2.30. The minimum atomic E-state index is -0.395. The Hall–Kier alpha value is -1.10. The molecule has 0 unspecified atom stereocenters. The van der Waals surface area contributed by atoms with Gasteiger partial charge in [0.25, 0.3) is 0 Å². The van der Waals surface area contributed by atoms with E-state index >= 15 is 0 Å². The molecular formula is C15H29N3O2. The third kappa shape index (κ3) is 3.72. The van der Waals surface area contributed by atoms with Crippen LogP contribution in [-0.2, 0) is 9.59 Å². The molecule has 5 nitrogen and oxygen atoms in total. The van der Waals surface area contributed by atoms with E-state index < -0.39 is 5.41 Å². The van der Waals surface area contributed by atoms with Crippen LogP contribution in [0.1, 0.15) is 46.0 Å². The SMILES string of the molecule is CCC(CC)(CN)C(=O)N1CCC(CC(=O)NC)CC1. The predicted molar refractivity (Wildman–Crippen MR) is 80.1 cm³/mol. The Morgan fingerprint density at radius 2 is 1.80 bits per heavy atom. The molecule has 0 aromatic rings. The molecular weight excluding hydrogens is 254 g/mol. The lowest BCUT2D eigenvalue weighted by Gasteiger charge is -2.39. The number of amides is 2. The maximum atomic E-state index is 12.7. The third-order valence-corrected chi connectivity index (χ3v) is 4.85. The number of hydrogen-bond donors (Lipinski definition) is 2. The van der Waals surface area contributed by atoms with Gasteiger partial charge in [0.15, 0.2) is 0 Å². The lowest BCUT2D eigenvalue weighted by Crippen LogP contribution is -2.50. The van der Waals surface area contributed by atoms with Crippen LogP contribution in [0.2, 0.25) is 0 Å². The average Bonchev–Trinajstić information content (AvgIpc) is 2.50. The summed E-state index contributed by atoms with van der Waals surface area (Å²) in [5.41, 5.74) is 5.45. The second-order valence-corrected chi connectivity index (χ2v) is 5.80. The summed E-state index contributed by atoms with van der Waals surface area (Å²) in [6, 6.07) is 0. The van der Waals surface area contributed by atoms with Crippen LogP contribution >= 0.6 is 0 Å². The van der Waals surface area contributed by atoms with Gasteiger partial charge in [-0.15, -0.1) is 0 Å². The fourth-order valence-corrected chi connectivity index (χ4v) is 2.97. The molecule has 0 saturated carbocycles. The molecule has 5 heteroatoms. The first-order chi connectivity index (χ1) is 9.52. The number of piperidine rings is 1. The molecule has 2 amide bonds. The third-order valence-electron chi connectivity index (χ3n) is 4.85. The van der Waals surface area contributed by atoms with Crippen molar-refractivity contribution in [3.8, 4) is 0 Å². The summed E-state index contributed by atoms with van der Waals surface area (Å²) in [7, 11) is 1.67. The maximum Gasteiger partial charge on any atom is 0.230 e. The van der Waals surface area contributed by atoms with Crippen LogP contribution in [0.3, 0.4) is 0 Å². The summed E-state index contributed by atoms with van der Waals surface area (Å²) in [6.45, 7) is 5.99. The minimum absolute atomic E-state index is 0.0909. The van der Waals surface area contributed by atoms with Crippen LogP contribution in [0.5, 0.6) is 0 Å². The number of nitrogens with zero attached hydrogens (tertiary/aromatic N) is 1. The monoisotopic (exact) mass is 283 g/mol. The highest BCUT2D eigenvalue weighted by molar-refractivity contribution is 5.83. The number of nitrogens with one attached hydrogen (secondary N) is 1. The van der Waals surface area contributed by atoms with E-state index in [0.29, 0.717) is 18.9 Å². The summed E-state index contributed by atoms with van der Waals surface area (Å²) in [5, 5.41) is 2.66. The van der Waals surface area contributed by atoms with Crippen molar-refractivity contribution in [2.45, 2.75) is 46.0 Å². The van der Waals surface area contributed by atoms with E-state index in [9.17, 15) is 9.59 Å². The minimum Gasteiger partial charge on any atom is -0.359 e. The van der Waals surface area contributed by atoms with E-state index in [1.807, 2.05) is 18.7 Å². The van der Waals surface area contributed by atoms with Crippen molar-refractivity contribution in [1.29, 1.82) is 0 Å². The van der Waals surface area contributed by atoms with Gasteiger partial charge in [-0.2, -0.15) is 0 Å². The van der Waals surface area contributed by atoms with Crippen LogP contribution in [-0.4, -0.2) is 43.4 Å². The second-order valence-electron chi connectivity index (χ2n) is 5.80. The number of carbonyl (C=O) groups excluding carboxylic acids is 2. The molecule has 1 aliphatic rings. The number of hydrogen-bond acceptors (Lipinski definition) is 3. The molecule has 1 fully saturated rings. The number of nitrogens with two attached hydrogens (primary N) is 1. The van der Waals surface area contributed by atoms with E-state index in [1.54, 1.807) is 7.05 Å². The predicted octanol–water partition coefficient (Wildman–Crippen LogP) is 1.13. The Morgan fingerprint density at radius 3 is 2.20 bits per heavy atom. The molecule has 116 valence electrons. The molecule has 1 heterocycles. The van der Waals surface area contributed by atoms with Gasteiger partial charge in [0.05, 0.1) is 5.41 Å². The van der Waals surface area contributed by atoms with Crippen molar-refractivity contribution in [2.24, 2.45) is 17.1 Å². The Labute approximate surface area is 122 Å². The molecule has 0 aromatic carbocycles. The highest BCUT2D eigenvalue weighted by atomic mass is 16.2. The average molecular weight is 283 g/mol. The van der Waals surface area contributed by atoms with Gasteiger partial charge in [0.2, 0.25) is 11.8 Å². The van der Waals surface area contributed by atoms with Crippen LogP contribution in [0.25, 0.3) is 0 Å². The zero-order valence-electron chi connectivity index (χ0n) is 13.1. The molecule has 20 heavy (non-hydrogen) atoms. The van der Waals surface area contributed by atoms with Crippen molar-refractivity contribution in [3.63, 3.8) is 0 Å². The molecule has 1 rings (SSSR count). The first kappa shape index (κ1) is 17.0. The fraction of sp³-hybridized carbons (Fsp3) is 0.867. The topological polar surface area (TPSA) is 75.4 Å². The van der Waals surface area contributed by atoms with Gasteiger partial charge in [-0.05, 0) is 31.6 Å². The number of carbonyl (C=O) groups is 2. The van der Waals surface area contributed by atoms with Crippen LogP contribution in [0.4, 0.5) is 0 Å². The van der Waals surface area contributed by atoms with Gasteiger partial charge in [-0.3, -0.25) is 9.59 Å². The van der Waals surface area contributed by atoms with Gasteiger partial charge in [0.1, 0.15) is 0 Å². The summed E-state index contributed by atoms with van der Waals surface area (Å²) in [4.78, 5) is 26.0. The summed E-state index contributed by atoms with van der Waals surface area (Å²) >= 11 is 0. The van der Waals surface area contributed by atoms with Crippen LogP contribution in [0.15, 0.2) is 0 Å². The maximum absolute atomic E-state index is 12.7. The van der Waals surface area contributed by atoms with E-state index in [0.717, 1.165) is 38.8 Å². The van der Waals surface area contributed by atoms with Crippen molar-refractivity contribution in [1.82, 2.24) is 10.2 Å². The summed E-state index contributed by atoms with van der Waals surface area (Å²) < 4.78 is 0. The number of likely N-dealkylation sites (tertiary alicyclic amines) is 1. The highest BCUT2D eigenvalue weighted by Gasteiger charge is 2.38. The van der Waals surface area contributed by atoms with E-state index in [1.165, 1.54) is 0 Å². The van der Waals surface area contributed by atoms with E-state index in [2.05, 4.69) is 5.32 Å². The largest absolute Gasteiger partial charge is 0.359 e. The Morgan fingerprint density at radius 1 is 1.25 bits per heavy atom. The van der Waals surface area contributed by atoms with Gasteiger partial charge in [-0.25, -0.2) is 0 Å². The number of rotatable bonds is 6. The second kappa shape index (κ2) is 7.62.